The van der Waals surface area contributed by atoms with Crippen molar-refractivity contribution in [2.45, 2.75) is 55.4 Å². The molecule has 9 aromatic carbocycles. The average Bonchev–Trinajstić information content (AvgIpc) is 1.57. The van der Waals surface area contributed by atoms with Gasteiger partial charge in [-0.05, 0) is 176 Å². The molecule has 0 aliphatic carbocycles. The monoisotopic (exact) mass is 1240 g/mol. The Morgan fingerprint density at radius 3 is 0.854 bits per heavy atom. The van der Waals surface area contributed by atoms with Gasteiger partial charge in [0.1, 0.15) is 46.6 Å². The summed E-state index contributed by atoms with van der Waals surface area (Å²) in [6, 6.07) is 66.4. The van der Waals surface area contributed by atoms with E-state index in [1.165, 1.54) is 0 Å². The first-order valence-electron chi connectivity index (χ1n) is 31.3. The lowest BCUT2D eigenvalue weighted by atomic mass is 9.94. The third-order valence-corrected chi connectivity index (χ3v) is 17.0. The van der Waals surface area contributed by atoms with E-state index in [9.17, 15) is 0 Å². The molecule has 0 unspecified atom stereocenters. The lowest BCUT2D eigenvalue weighted by Gasteiger charge is -2.19. The topological polar surface area (TPSA) is 208 Å². The van der Waals surface area contributed by atoms with E-state index in [2.05, 4.69) is 149 Å². The van der Waals surface area contributed by atoms with E-state index in [1.807, 2.05) is 134 Å². The highest BCUT2D eigenvalue weighted by atomic mass is 15.1. The van der Waals surface area contributed by atoms with Crippen molar-refractivity contribution in [3.63, 3.8) is 0 Å². The lowest BCUT2D eigenvalue weighted by molar-refractivity contribution is 0.928. The zero-order valence-electron chi connectivity index (χ0n) is 53.5. The Morgan fingerprint density at radius 1 is 0.240 bits per heavy atom. The van der Waals surface area contributed by atoms with Crippen LogP contribution in [0.2, 0.25) is 0 Å². The van der Waals surface area contributed by atoms with E-state index < -0.39 is 0 Å². The van der Waals surface area contributed by atoms with Crippen molar-refractivity contribution in [1.29, 1.82) is 0 Å². The van der Waals surface area contributed by atoms with Gasteiger partial charge in [-0.3, -0.25) is 0 Å². The summed E-state index contributed by atoms with van der Waals surface area (Å²) >= 11 is 0. The SMILES string of the molecule is [C-]#[N+]c1cccc(-c2cc(-c3cc(-c4nc(-c5ccccc5)nc(-c5ccccc5)n4)ccc3-n3c4ccc(-c5nc(C)nc(C)n5)cc4c4cc(-c5nc(C)nc(C)n5)ccc43)ccc2-n2c3ccc(-c4nc(C)nc(C)n4)cc3c3cc(-c4nc(C)nc(C)n4)ccc32)c1. The molecule has 0 aliphatic heterocycles. The fourth-order valence-corrected chi connectivity index (χ4v) is 13.0. The molecule has 0 N–H and O–H groups in total. The Kier molecular flexibility index (Phi) is 14.2. The second-order valence-corrected chi connectivity index (χ2v) is 23.8. The summed E-state index contributed by atoms with van der Waals surface area (Å²) in [4.78, 5) is 76.2. The van der Waals surface area contributed by atoms with Gasteiger partial charge in [-0.2, -0.15) is 0 Å². The van der Waals surface area contributed by atoms with Crippen LogP contribution in [0.1, 0.15) is 46.6 Å². The Bertz CT molecular complexity index is 5560. The van der Waals surface area contributed by atoms with Gasteiger partial charge in [0.15, 0.2) is 46.5 Å². The number of aryl methyl sites for hydroxylation is 8. The van der Waals surface area contributed by atoms with Crippen LogP contribution in [0.5, 0.6) is 0 Å². The highest BCUT2D eigenvalue weighted by Crippen LogP contribution is 2.45. The van der Waals surface area contributed by atoms with E-state index in [0.717, 1.165) is 116 Å². The average molecular weight is 1250 g/mol. The van der Waals surface area contributed by atoms with Crippen LogP contribution in [0, 0.1) is 62.0 Å². The number of rotatable bonds is 11. The maximum absolute atomic E-state index is 8.32. The molecule has 0 bridgehead atoms. The van der Waals surface area contributed by atoms with Crippen molar-refractivity contribution >= 4 is 49.3 Å². The first kappa shape index (κ1) is 58.2. The predicted molar refractivity (Wildman–Crippen MR) is 375 cm³/mol. The first-order chi connectivity index (χ1) is 46.7. The smallest absolute Gasteiger partial charge is 0.187 e. The van der Waals surface area contributed by atoms with E-state index in [1.54, 1.807) is 0 Å². The Balaban J connectivity index is 0.981. The van der Waals surface area contributed by atoms with Gasteiger partial charge in [0.05, 0.1) is 40.0 Å². The molecule has 0 aliphatic rings. The van der Waals surface area contributed by atoms with Crippen molar-refractivity contribution < 1.29 is 0 Å². The third kappa shape index (κ3) is 10.7. The van der Waals surface area contributed by atoms with Gasteiger partial charge < -0.3 is 9.13 Å². The zero-order chi connectivity index (χ0) is 65.5. The molecule has 0 amide bonds. The minimum absolute atomic E-state index is 0.494. The van der Waals surface area contributed by atoms with Gasteiger partial charge in [0.2, 0.25) is 0 Å². The highest BCUT2D eigenvalue weighted by Gasteiger charge is 2.25. The highest BCUT2D eigenvalue weighted by molar-refractivity contribution is 6.13. The number of nitrogens with zero attached hydrogens (tertiary/aromatic N) is 18. The van der Waals surface area contributed by atoms with E-state index in [-0.39, 0.29) is 0 Å². The summed E-state index contributed by atoms with van der Waals surface area (Å²) in [5.41, 5.74) is 15.3. The normalized spacial score (nSPS) is 11.5. The van der Waals surface area contributed by atoms with Gasteiger partial charge in [-0.25, -0.2) is 79.6 Å². The first-order valence-corrected chi connectivity index (χ1v) is 31.3. The molecular formula is C78H56N18. The van der Waals surface area contributed by atoms with Crippen LogP contribution in [-0.2, 0) is 0 Å². The van der Waals surface area contributed by atoms with Crippen LogP contribution < -0.4 is 0 Å². The van der Waals surface area contributed by atoms with Crippen molar-refractivity contribution in [1.82, 2.24) is 83.9 Å². The fourth-order valence-electron chi connectivity index (χ4n) is 13.0. The second kappa shape index (κ2) is 23.4. The quantitative estimate of drug-likeness (QED) is 0.110. The summed E-state index contributed by atoms with van der Waals surface area (Å²) in [6.45, 7) is 23.4. The fraction of sp³-hybridized carbons (Fsp3) is 0.103. The Hall–Kier alpha value is -12.9. The van der Waals surface area contributed by atoms with E-state index in [0.29, 0.717) is 93.1 Å². The molecule has 0 fully saturated rings. The molecule has 7 aromatic heterocycles. The van der Waals surface area contributed by atoms with Crippen molar-refractivity contribution in [3.05, 3.63) is 252 Å². The van der Waals surface area contributed by atoms with Crippen LogP contribution in [-0.4, -0.2) is 83.9 Å². The summed E-state index contributed by atoms with van der Waals surface area (Å²) in [7, 11) is 0. The van der Waals surface area contributed by atoms with Gasteiger partial charge >= 0.3 is 0 Å². The van der Waals surface area contributed by atoms with Gasteiger partial charge in [0.25, 0.3) is 0 Å². The minimum atomic E-state index is 0.494. The number of hydrogen-bond acceptors (Lipinski definition) is 15. The van der Waals surface area contributed by atoms with Crippen LogP contribution in [0.4, 0.5) is 5.69 Å². The second-order valence-electron chi connectivity index (χ2n) is 23.8. The molecule has 18 heteroatoms. The predicted octanol–water partition coefficient (Wildman–Crippen LogP) is 16.8. The van der Waals surface area contributed by atoms with Gasteiger partial charge in [-0.15, -0.1) is 0 Å². The minimum Gasteiger partial charge on any atom is -0.309 e. The van der Waals surface area contributed by atoms with Crippen molar-refractivity contribution in [2.24, 2.45) is 0 Å². The molecule has 96 heavy (non-hydrogen) atoms. The molecule has 16 rings (SSSR count). The Labute approximate surface area is 551 Å². The molecule has 0 saturated heterocycles. The molecule has 0 atom stereocenters. The third-order valence-electron chi connectivity index (χ3n) is 17.0. The molecule has 16 aromatic rings. The maximum Gasteiger partial charge on any atom is 0.187 e. The van der Waals surface area contributed by atoms with Crippen molar-refractivity contribution in [2.75, 3.05) is 0 Å². The van der Waals surface area contributed by atoms with Crippen molar-refractivity contribution in [3.8, 4) is 113 Å². The molecule has 0 radical (unpaired) electrons. The summed E-state index contributed by atoms with van der Waals surface area (Å²) in [5, 5.41) is 3.84. The standard InChI is InChI=1S/C78H56N18/c1-42-80-43(2)85-74(84-42)55-25-31-68-62(38-55)63-39-56(75-86-44(3)81-45(4)87-75)26-32-69(63)95(68)66-29-23-53(36-60(66)52-21-16-22-59(35-52)79-9)61-37-54(78-93-72(50-17-12-10-13-18-50)92-73(94-78)51-19-14-11-15-20-51)24-30-67(61)96-70-33-27-57(76-88-46(5)82-47(6)89-76)40-64(70)65-41-58(28-34-71(65)96)77-90-48(7)83-49(8)91-77/h10-41H,1-8H3. The van der Waals surface area contributed by atoms with Crippen LogP contribution >= 0.6 is 0 Å². The lowest BCUT2D eigenvalue weighted by Crippen LogP contribution is -2.03. The summed E-state index contributed by atoms with van der Waals surface area (Å²) < 4.78 is 4.63. The molecule has 7 heterocycles. The van der Waals surface area contributed by atoms with Crippen LogP contribution in [0.15, 0.2) is 194 Å². The molecular weight excluding hydrogens is 1190 g/mol. The summed E-state index contributed by atoms with van der Waals surface area (Å²) in [5.74, 6) is 8.96. The van der Waals surface area contributed by atoms with E-state index in [4.69, 9.17) is 61.4 Å². The molecule has 458 valence electrons. The Morgan fingerprint density at radius 2 is 0.510 bits per heavy atom. The number of hydrogen-bond donors (Lipinski definition) is 0. The largest absolute Gasteiger partial charge is 0.309 e. The van der Waals surface area contributed by atoms with Crippen LogP contribution in [0.3, 0.4) is 0 Å². The van der Waals surface area contributed by atoms with Crippen LogP contribution in [0.25, 0.3) is 162 Å². The van der Waals surface area contributed by atoms with E-state index >= 15 is 0 Å². The molecule has 0 saturated carbocycles. The van der Waals surface area contributed by atoms with Gasteiger partial charge in [0, 0.05) is 71.6 Å². The number of fused-ring (bicyclic) bond motifs is 6. The summed E-state index contributed by atoms with van der Waals surface area (Å²) in [6.07, 6.45) is 0. The van der Waals surface area contributed by atoms with Gasteiger partial charge in [-0.1, -0.05) is 84.9 Å². The molecule has 0 spiro atoms. The maximum atomic E-state index is 8.32. The number of aromatic nitrogens is 17. The number of benzene rings is 9. The zero-order valence-corrected chi connectivity index (χ0v) is 53.5. The molecule has 18 nitrogen and oxygen atoms in total.